The maximum Gasteiger partial charge on any atom is 0.277 e. The summed E-state index contributed by atoms with van der Waals surface area (Å²) in [5.74, 6) is 1.61. The SMILES string of the molecule is COc1ccc(C=NNC(=O)COc2c(C)cccc2C)cc1OC. The molecule has 0 bridgehead atoms. The lowest BCUT2D eigenvalue weighted by Crippen LogP contribution is -2.25. The van der Waals surface area contributed by atoms with Gasteiger partial charge < -0.3 is 14.2 Å². The van der Waals surface area contributed by atoms with Gasteiger partial charge in [0.25, 0.3) is 5.91 Å². The van der Waals surface area contributed by atoms with Crippen molar-refractivity contribution in [3.8, 4) is 17.2 Å². The van der Waals surface area contributed by atoms with Crippen LogP contribution in [0.15, 0.2) is 41.5 Å². The molecule has 132 valence electrons. The fraction of sp³-hybridized carbons (Fsp3) is 0.263. The zero-order chi connectivity index (χ0) is 18.2. The van der Waals surface area contributed by atoms with Crippen LogP contribution in [0.25, 0.3) is 0 Å². The zero-order valence-electron chi connectivity index (χ0n) is 14.8. The third kappa shape index (κ3) is 4.97. The highest BCUT2D eigenvalue weighted by Crippen LogP contribution is 2.26. The Labute approximate surface area is 147 Å². The molecule has 1 amide bonds. The number of rotatable bonds is 7. The highest BCUT2D eigenvalue weighted by molar-refractivity contribution is 5.83. The molecule has 0 spiro atoms. The van der Waals surface area contributed by atoms with Crippen LogP contribution in [0.5, 0.6) is 17.2 Å². The average molecular weight is 342 g/mol. The lowest BCUT2D eigenvalue weighted by molar-refractivity contribution is -0.123. The molecule has 0 saturated carbocycles. The van der Waals surface area contributed by atoms with Crippen molar-refractivity contribution in [3.63, 3.8) is 0 Å². The molecule has 6 heteroatoms. The molecule has 0 atom stereocenters. The Morgan fingerprint density at radius 2 is 1.76 bits per heavy atom. The van der Waals surface area contributed by atoms with Crippen molar-refractivity contribution in [2.75, 3.05) is 20.8 Å². The minimum Gasteiger partial charge on any atom is -0.493 e. The average Bonchev–Trinajstić information content (AvgIpc) is 2.61. The number of nitrogens with one attached hydrogen (secondary N) is 1. The van der Waals surface area contributed by atoms with E-state index in [1.165, 1.54) is 6.21 Å². The minimum absolute atomic E-state index is 0.102. The van der Waals surface area contributed by atoms with Crippen molar-refractivity contribution in [2.45, 2.75) is 13.8 Å². The Hall–Kier alpha value is -3.02. The molecule has 0 aliphatic heterocycles. The number of carbonyl (C=O) groups excluding carboxylic acids is 1. The van der Waals surface area contributed by atoms with Crippen LogP contribution >= 0.6 is 0 Å². The molecule has 2 aromatic rings. The van der Waals surface area contributed by atoms with Crippen LogP contribution in [0.1, 0.15) is 16.7 Å². The van der Waals surface area contributed by atoms with Gasteiger partial charge in [0.2, 0.25) is 0 Å². The normalized spacial score (nSPS) is 10.6. The van der Waals surface area contributed by atoms with Crippen LogP contribution in [0.4, 0.5) is 0 Å². The van der Waals surface area contributed by atoms with Gasteiger partial charge in [-0.15, -0.1) is 0 Å². The summed E-state index contributed by atoms with van der Waals surface area (Å²) < 4.78 is 16.0. The monoisotopic (exact) mass is 342 g/mol. The molecule has 0 fully saturated rings. The lowest BCUT2D eigenvalue weighted by Gasteiger charge is -2.10. The number of nitrogens with zero attached hydrogens (tertiary/aromatic N) is 1. The first kappa shape index (κ1) is 18.3. The molecule has 0 radical (unpaired) electrons. The number of aryl methyl sites for hydroxylation is 2. The number of carbonyl (C=O) groups is 1. The van der Waals surface area contributed by atoms with Gasteiger partial charge in [0.15, 0.2) is 18.1 Å². The van der Waals surface area contributed by atoms with E-state index in [9.17, 15) is 4.79 Å². The summed E-state index contributed by atoms with van der Waals surface area (Å²) in [5, 5.41) is 3.93. The number of hydrogen-bond acceptors (Lipinski definition) is 5. The topological polar surface area (TPSA) is 69.2 Å². The van der Waals surface area contributed by atoms with E-state index in [4.69, 9.17) is 14.2 Å². The van der Waals surface area contributed by atoms with Crippen molar-refractivity contribution in [2.24, 2.45) is 5.10 Å². The van der Waals surface area contributed by atoms with Gasteiger partial charge in [-0.1, -0.05) is 18.2 Å². The summed E-state index contributed by atoms with van der Waals surface area (Å²) in [4.78, 5) is 11.9. The van der Waals surface area contributed by atoms with E-state index in [1.807, 2.05) is 38.1 Å². The minimum atomic E-state index is -0.334. The highest BCUT2D eigenvalue weighted by Gasteiger charge is 2.07. The van der Waals surface area contributed by atoms with Gasteiger partial charge >= 0.3 is 0 Å². The smallest absolute Gasteiger partial charge is 0.277 e. The second-order valence-electron chi connectivity index (χ2n) is 5.42. The van der Waals surface area contributed by atoms with E-state index in [0.29, 0.717) is 11.5 Å². The first-order valence-electron chi connectivity index (χ1n) is 7.78. The van der Waals surface area contributed by atoms with E-state index < -0.39 is 0 Å². The largest absolute Gasteiger partial charge is 0.493 e. The number of hydrogen-bond donors (Lipinski definition) is 1. The number of amides is 1. The molecule has 0 heterocycles. The van der Waals surface area contributed by atoms with Crippen LogP contribution in [-0.2, 0) is 4.79 Å². The third-order valence-electron chi connectivity index (χ3n) is 3.57. The van der Waals surface area contributed by atoms with Gasteiger partial charge in [0, 0.05) is 0 Å². The van der Waals surface area contributed by atoms with Gasteiger partial charge in [0.1, 0.15) is 5.75 Å². The van der Waals surface area contributed by atoms with Crippen molar-refractivity contribution in [3.05, 3.63) is 53.1 Å². The fourth-order valence-electron chi connectivity index (χ4n) is 2.31. The number of methoxy groups -OCH3 is 2. The standard InChI is InChI=1S/C19H22N2O4/c1-13-6-5-7-14(2)19(13)25-12-18(22)21-20-11-15-8-9-16(23-3)17(10-15)24-4/h5-11H,12H2,1-4H3,(H,21,22). The van der Waals surface area contributed by atoms with E-state index >= 15 is 0 Å². The Balaban J connectivity index is 1.90. The summed E-state index contributed by atoms with van der Waals surface area (Å²) in [6.07, 6.45) is 1.53. The Morgan fingerprint density at radius 1 is 1.08 bits per heavy atom. The van der Waals surface area contributed by atoms with Crippen molar-refractivity contribution >= 4 is 12.1 Å². The van der Waals surface area contributed by atoms with E-state index in [1.54, 1.807) is 26.4 Å². The maximum absolute atomic E-state index is 11.9. The van der Waals surface area contributed by atoms with Crippen LogP contribution < -0.4 is 19.6 Å². The predicted octanol–water partition coefficient (Wildman–Crippen LogP) is 2.85. The quantitative estimate of drug-likeness (QED) is 0.620. The van der Waals surface area contributed by atoms with E-state index in [-0.39, 0.29) is 12.5 Å². The molecule has 0 aromatic heterocycles. The van der Waals surface area contributed by atoms with Gasteiger partial charge in [-0.3, -0.25) is 4.79 Å². The Kier molecular flexibility index (Phi) is 6.39. The molecule has 2 aromatic carbocycles. The van der Waals surface area contributed by atoms with E-state index in [0.717, 1.165) is 22.4 Å². The molecule has 1 N–H and O–H groups in total. The molecular formula is C19H22N2O4. The summed E-state index contributed by atoms with van der Waals surface area (Å²) in [5.41, 5.74) is 5.19. The molecule has 0 unspecified atom stereocenters. The molecule has 2 rings (SSSR count). The zero-order valence-corrected chi connectivity index (χ0v) is 14.8. The summed E-state index contributed by atoms with van der Waals surface area (Å²) in [6, 6.07) is 11.2. The molecule has 0 saturated heterocycles. The second-order valence-corrected chi connectivity index (χ2v) is 5.42. The van der Waals surface area contributed by atoms with Gasteiger partial charge in [-0.05, 0) is 48.7 Å². The summed E-state index contributed by atoms with van der Waals surface area (Å²) in [7, 11) is 3.13. The molecule has 25 heavy (non-hydrogen) atoms. The first-order chi connectivity index (χ1) is 12.0. The van der Waals surface area contributed by atoms with Crippen molar-refractivity contribution in [1.82, 2.24) is 5.43 Å². The number of ether oxygens (including phenoxy) is 3. The predicted molar refractivity (Wildman–Crippen MR) is 96.7 cm³/mol. The van der Waals surface area contributed by atoms with Crippen molar-refractivity contribution in [1.29, 1.82) is 0 Å². The Morgan fingerprint density at radius 3 is 2.40 bits per heavy atom. The summed E-state index contributed by atoms with van der Waals surface area (Å²) >= 11 is 0. The fourth-order valence-corrected chi connectivity index (χ4v) is 2.31. The van der Waals surface area contributed by atoms with E-state index in [2.05, 4.69) is 10.5 Å². The Bertz CT molecular complexity index is 752. The summed E-state index contributed by atoms with van der Waals surface area (Å²) in [6.45, 7) is 3.78. The first-order valence-corrected chi connectivity index (χ1v) is 7.78. The van der Waals surface area contributed by atoms with Gasteiger partial charge in [0.05, 0.1) is 20.4 Å². The molecular weight excluding hydrogens is 320 g/mol. The molecule has 0 aliphatic carbocycles. The number of hydrazone groups is 1. The van der Waals surface area contributed by atoms with Gasteiger partial charge in [-0.2, -0.15) is 5.10 Å². The van der Waals surface area contributed by atoms with Crippen molar-refractivity contribution < 1.29 is 19.0 Å². The third-order valence-corrected chi connectivity index (χ3v) is 3.57. The maximum atomic E-state index is 11.9. The lowest BCUT2D eigenvalue weighted by atomic mass is 10.1. The van der Waals surface area contributed by atoms with Crippen LogP contribution in [-0.4, -0.2) is 32.9 Å². The van der Waals surface area contributed by atoms with Crippen LogP contribution in [0.2, 0.25) is 0 Å². The van der Waals surface area contributed by atoms with Crippen LogP contribution in [0.3, 0.4) is 0 Å². The second kappa shape index (κ2) is 8.73. The van der Waals surface area contributed by atoms with Gasteiger partial charge in [-0.25, -0.2) is 5.43 Å². The number of benzene rings is 2. The van der Waals surface area contributed by atoms with Crippen LogP contribution in [0, 0.1) is 13.8 Å². The molecule has 6 nitrogen and oxygen atoms in total. The molecule has 0 aliphatic rings. The number of para-hydroxylation sites is 1. The highest BCUT2D eigenvalue weighted by atomic mass is 16.5.